The maximum absolute atomic E-state index is 13.3. The number of amides is 1. The number of para-hydroxylation sites is 1. The van der Waals surface area contributed by atoms with Crippen LogP contribution in [0.2, 0.25) is 0 Å². The fourth-order valence-corrected chi connectivity index (χ4v) is 6.77. The lowest BCUT2D eigenvalue weighted by atomic mass is 9.78. The van der Waals surface area contributed by atoms with E-state index in [1.165, 1.54) is 0 Å². The fraction of sp³-hybridized carbons (Fsp3) is 0.233. The van der Waals surface area contributed by atoms with Crippen LogP contribution in [0.1, 0.15) is 29.5 Å². The minimum atomic E-state index is -1.48. The average molecular weight is 588 g/mol. The Labute approximate surface area is 233 Å². The minimum Gasteiger partial charge on any atom is -0.493 e. The van der Waals surface area contributed by atoms with E-state index in [9.17, 15) is 14.9 Å². The Morgan fingerprint density at radius 3 is 2.59 bits per heavy atom. The third-order valence-electron chi connectivity index (χ3n) is 7.85. The van der Waals surface area contributed by atoms with Crippen molar-refractivity contribution in [1.82, 2.24) is 5.32 Å². The van der Waals surface area contributed by atoms with E-state index in [2.05, 4.69) is 44.8 Å². The smallest absolute Gasteiger partial charge is 0.256 e. The highest BCUT2D eigenvalue weighted by Gasteiger charge is 2.67. The van der Waals surface area contributed by atoms with E-state index in [4.69, 9.17) is 9.47 Å². The van der Waals surface area contributed by atoms with Crippen LogP contribution in [-0.4, -0.2) is 30.0 Å². The summed E-state index contributed by atoms with van der Waals surface area (Å²) >= 11 is 3.62. The maximum atomic E-state index is 13.3. The second kappa shape index (κ2) is 9.66. The largest absolute Gasteiger partial charge is 0.493 e. The first-order valence-electron chi connectivity index (χ1n) is 12.6. The summed E-state index contributed by atoms with van der Waals surface area (Å²) in [4.78, 5) is 25.6. The number of carbonyl (C=O) groups is 1. The summed E-state index contributed by atoms with van der Waals surface area (Å²) < 4.78 is 12.6. The third-order valence-corrected chi connectivity index (χ3v) is 8.44. The molecule has 0 saturated carbocycles. The van der Waals surface area contributed by atoms with Crippen molar-refractivity contribution in [3.8, 4) is 11.5 Å². The van der Waals surface area contributed by atoms with E-state index < -0.39 is 23.4 Å². The van der Waals surface area contributed by atoms with Crippen molar-refractivity contribution >= 4 is 38.3 Å². The monoisotopic (exact) mass is 587 g/mol. The van der Waals surface area contributed by atoms with Crippen molar-refractivity contribution < 1.29 is 19.2 Å². The van der Waals surface area contributed by atoms with Crippen LogP contribution in [0.3, 0.4) is 0 Å². The topological polar surface area (TPSA) is 103 Å². The Balaban J connectivity index is 1.37. The van der Waals surface area contributed by atoms with Gasteiger partial charge in [-0.05, 0) is 63.0 Å². The van der Waals surface area contributed by atoms with Crippen LogP contribution in [-0.2, 0) is 16.9 Å². The van der Waals surface area contributed by atoms with Gasteiger partial charge in [-0.2, -0.15) is 0 Å². The Kier molecular flexibility index (Phi) is 6.28. The van der Waals surface area contributed by atoms with Crippen molar-refractivity contribution in [2.24, 2.45) is 0 Å². The Morgan fingerprint density at radius 1 is 1.05 bits per heavy atom. The summed E-state index contributed by atoms with van der Waals surface area (Å²) in [6.45, 7) is 2.18. The number of carbonyl (C=O) groups excluding carboxylic acids is 1. The summed E-state index contributed by atoms with van der Waals surface area (Å²) in [5, 5.41) is 21.0. The quantitative estimate of drug-likeness (QED) is 0.220. The zero-order valence-corrected chi connectivity index (χ0v) is 22.9. The summed E-state index contributed by atoms with van der Waals surface area (Å²) in [6, 6.07) is 23.3. The minimum absolute atomic E-state index is 0.314. The molecule has 9 heteroatoms. The highest BCUT2D eigenvalue weighted by Crippen LogP contribution is 2.51. The molecule has 4 aromatic carbocycles. The van der Waals surface area contributed by atoms with Crippen LogP contribution < -0.4 is 20.1 Å². The van der Waals surface area contributed by atoms with E-state index in [1.807, 2.05) is 37.3 Å². The van der Waals surface area contributed by atoms with Crippen molar-refractivity contribution in [2.75, 3.05) is 12.4 Å². The number of nitrogens with zero attached hydrogens (tertiary/aromatic N) is 1. The normalized spacial score (nSPS) is 23.6. The summed E-state index contributed by atoms with van der Waals surface area (Å²) in [7, 11) is 1.54. The number of methoxy groups -OCH3 is 1. The Morgan fingerprint density at radius 2 is 1.79 bits per heavy atom. The predicted molar refractivity (Wildman–Crippen MR) is 152 cm³/mol. The number of hydrogen-bond acceptors (Lipinski definition) is 6. The van der Waals surface area contributed by atoms with Crippen LogP contribution in [0.15, 0.2) is 83.3 Å². The second-order valence-corrected chi connectivity index (χ2v) is 10.8. The van der Waals surface area contributed by atoms with E-state index >= 15 is 0 Å². The molecule has 1 saturated heterocycles. The Bertz CT molecular complexity index is 1620. The number of anilines is 1. The number of halogens is 1. The lowest BCUT2D eigenvalue weighted by molar-refractivity contribution is -0.532. The van der Waals surface area contributed by atoms with Crippen molar-refractivity contribution in [1.29, 1.82) is 0 Å². The highest BCUT2D eigenvalue weighted by atomic mass is 79.9. The molecule has 1 fully saturated rings. The molecule has 198 valence electrons. The molecule has 2 aliphatic heterocycles. The summed E-state index contributed by atoms with van der Waals surface area (Å²) in [5.41, 5.74) is 1.40. The van der Waals surface area contributed by atoms with Gasteiger partial charge in [0.1, 0.15) is 6.61 Å². The van der Waals surface area contributed by atoms with Crippen LogP contribution in [0, 0.1) is 10.1 Å². The maximum Gasteiger partial charge on any atom is 0.256 e. The molecule has 2 heterocycles. The molecule has 6 rings (SSSR count). The van der Waals surface area contributed by atoms with Gasteiger partial charge < -0.3 is 14.8 Å². The average Bonchev–Trinajstić information content (AvgIpc) is 3.40. The van der Waals surface area contributed by atoms with Crippen molar-refractivity contribution in [3.63, 3.8) is 0 Å². The van der Waals surface area contributed by atoms with Crippen LogP contribution >= 0.6 is 15.9 Å². The molecular weight excluding hydrogens is 562 g/mol. The summed E-state index contributed by atoms with van der Waals surface area (Å²) in [5.74, 6) is -0.0784. The number of ether oxygens (including phenoxy) is 2. The molecule has 2 aliphatic rings. The molecule has 0 bridgehead atoms. The van der Waals surface area contributed by atoms with Gasteiger partial charge in [0.2, 0.25) is 0 Å². The lowest BCUT2D eigenvalue weighted by Crippen LogP contribution is -2.54. The van der Waals surface area contributed by atoms with Gasteiger partial charge in [0, 0.05) is 22.2 Å². The second-order valence-electron chi connectivity index (χ2n) is 9.96. The molecule has 0 aliphatic carbocycles. The van der Waals surface area contributed by atoms with Crippen LogP contribution in [0.25, 0.3) is 10.8 Å². The van der Waals surface area contributed by atoms with Gasteiger partial charge in [0.05, 0.1) is 17.5 Å². The lowest BCUT2D eigenvalue weighted by Gasteiger charge is -2.25. The van der Waals surface area contributed by atoms with E-state index in [1.54, 1.807) is 37.4 Å². The molecule has 0 radical (unpaired) electrons. The van der Waals surface area contributed by atoms with Gasteiger partial charge in [0.15, 0.2) is 17.0 Å². The molecule has 4 atom stereocenters. The standard InChI is InChI=1S/C30H26BrN3O5/c1-17-26(28(34(36)37)30(33-17)22-12-5-6-13-24(22)32-29(30)35)20-14-23(31)27(25(15-20)38-2)39-16-19-10-7-9-18-8-3-4-11-21(18)19/h3-15,17,26,28,33H,16H2,1-2H3,(H,32,35)/t17-,26-,28-,30-/m0/s1. The summed E-state index contributed by atoms with van der Waals surface area (Å²) in [6.07, 6.45) is 0. The fourth-order valence-electron chi connectivity index (χ4n) is 6.19. The first kappa shape index (κ1) is 25.3. The third kappa shape index (κ3) is 3.95. The van der Waals surface area contributed by atoms with Gasteiger partial charge >= 0.3 is 0 Å². The molecule has 39 heavy (non-hydrogen) atoms. The first-order chi connectivity index (χ1) is 18.8. The molecule has 0 aromatic heterocycles. The predicted octanol–water partition coefficient (Wildman–Crippen LogP) is 5.76. The van der Waals surface area contributed by atoms with Crippen molar-refractivity contribution in [3.05, 3.63) is 110 Å². The molecule has 1 amide bonds. The molecule has 8 nitrogen and oxygen atoms in total. The van der Waals surface area contributed by atoms with Gasteiger partial charge in [-0.25, -0.2) is 0 Å². The molecular formula is C30H26BrN3O5. The van der Waals surface area contributed by atoms with Gasteiger partial charge in [-0.1, -0.05) is 60.7 Å². The van der Waals surface area contributed by atoms with E-state index in [0.717, 1.165) is 16.3 Å². The van der Waals surface area contributed by atoms with Crippen molar-refractivity contribution in [2.45, 2.75) is 37.1 Å². The number of rotatable bonds is 6. The number of benzene rings is 4. The van der Waals surface area contributed by atoms with Crippen LogP contribution in [0.5, 0.6) is 11.5 Å². The zero-order valence-electron chi connectivity index (χ0n) is 21.3. The highest BCUT2D eigenvalue weighted by molar-refractivity contribution is 9.10. The van der Waals surface area contributed by atoms with E-state index in [0.29, 0.717) is 39.4 Å². The number of nitro groups is 1. The SMILES string of the molecule is COc1cc([C@@H]2[C@H](C)N[C@]3(C(=O)Nc4ccccc43)[C@H]2[N+](=O)[O-])cc(Br)c1OCc1cccc2ccccc12. The van der Waals surface area contributed by atoms with E-state index in [-0.39, 0.29) is 11.0 Å². The molecule has 2 N–H and O–H groups in total. The molecule has 4 aromatic rings. The first-order valence-corrected chi connectivity index (χ1v) is 13.4. The van der Waals surface area contributed by atoms with Gasteiger partial charge in [0.25, 0.3) is 11.9 Å². The molecule has 0 unspecified atom stereocenters. The zero-order chi connectivity index (χ0) is 27.3. The number of hydrogen-bond donors (Lipinski definition) is 2. The molecule has 1 spiro atoms. The number of nitrogens with one attached hydrogen (secondary N) is 2. The van der Waals surface area contributed by atoms with Crippen LogP contribution in [0.4, 0.5) is 5.69 Å². The number of fused-ring (bicyclic) bond motifs is 3. The Hall–Kier alpha value is -3.95. The van der Waals surface area contributed by atoms with Gasteiger partial charge in [-0.3, -0.25) is 20.2 Å². The van der Waals surface area contributed by atoms with Gasteiger partial charge in [-0.15, -0.1) is 0 Å².